The SMILES string of the molecule is CCCCc1ccc(S(=O)(=O)Nc2ccc(F)c(F)c2)cc1. The van der Waals surface area contributed by atoms with Crippen molar-refractivity contribution in [3.05, 3.63) is 59.7 Å². The van der Waals surface area contributed by atoms with Crippen LogP contribution < -0.4 is 4.72 Å². The zero-order chi connectivity index (χ0) is 16.2. The Labute approximate surface area is 129 Å². The number of rotatable bonds is 6. The van der Waals surface area contributed by atoms with Gasteiger partial charge in [0.15, 0.2) is 11.6 Å². The molecule has 6 heteroatoms. The summed E-state index contributed by atoms with van der Waals surface area (Å²) in [5.41, 5.74) is 1.04. The Bertz CT molecular complexity index is 743. The fraction of sp³-hybridized carbons (Fsp3) is 0.250. The fourth-order valence-electron chi connectivity index (χ4n) is 1.99. The van der Waals surface area contributed by atoms with Crippen LogP contribution in [0.2, 0.25) is 0 Å². The maximum atomic E-state index is 13.1. The topological polar surface area (TPSA) is 46.2 Å². The van der Waals surface area contributed by atoms with E-state index in [1.54, 1.807) is 12.1 Å². The van der Waals surface area contributed by atoms with Gasteiger partial charge in [-0.3, -0.25) is 4.72 Å². The van der Waals surface area contributed by atoms with Crippen LogP contribution in [-0.2, 0) is 16.4 Å². The van der Waals surface area contributed by atoms with Crippen molar-refractivity contribution in [2.24, 2.45) is 0 Å². The largest absolute Gasteiger partial charge is 0.280 e. The number of aryl methyl sites for hydroxylation is 1. The van der Waals surface area contributed by atoms with Crippen LogP contribution >= 0.6 is 0 Å². The van der Waals surface area contributed by atoms with E-state index >= 15 is 0 Å². The molecule has 0 fully saturated rings. The second kappa shape index (κ2) is 6.87. The number of halogens is 2. The summed E-state index contributed by atoms with van der Waals surface area (Å²) in [5, 5.41) is 0. The van der Waals surface area contributed by atoms with Crippen LogP contribution in [0.3, 0.4) is 0 Å². The van der Waals surface area contributed by atoms with Crippen LogP contribution in [0.15, 0.2) is 47.4 Å². The predicted molar refractivity (Wildman–Crippen MR) is 82.2 cm³/mol. The van der Waals surface area contributed by atoms with E-state index in [1.807, 2.05) is 0 Å². The van der Waals surface area contributed by atoms with Crippen LogP contribution in [-0.4, -0.2) is 8.42 Å². The molecule has 0 aliphatic rings. The Morgan fingerprint density at radius 1 is 1.00 bits per heavy atom. The quantitative estimate of drug-likeness (QED) is 0.869. The first-order valence-corrected chi connectivity index (χ1v) is 8.47. The number of unbranched alkanes of at least 4 members (excludes halogenated alkanes) is 1. The van der Waals surface area contributed by atoms with Crippen molar-refractivity contribution in [2.45, 2.75) is 31.1 Å². The van der Waals surface area contributed by atoms with Gasteiger partial charge in [-0.05, 0) is 42.7 Å². The molecule has 2 aromatic rings. The molecule has 3 nitrogen and oxygen atoms in total. The first kappa shape index (κ1) is 16.4. The number of hydrogen-bond donors (Lipinski definition) is 1. The Balaban J connectivity index is 2.17. The summed E-state index contributed by atoms with van der Waals surface area (Å²) in [6, 6.07) is 9.39. The summed E-state index contributed by atoms with van der Waals surface area (Å²) in [5.74, 6) is -2.13. The van der Waals surface area contributed by atoms with Gasteiger partial charge in [0, 0.05) is 6.07 Å². The third-order valence-corrected chi connectivity index (χ3v) is 4.62. The molecule has 2 rings (SSSR count). The Morgan fingerprint density at radius 3 is 2.27 bits per heavy atom. The maximum Gasteiger partial charge on any atom is 0.261 e. The Hall–Kier alpha value is -1.95. The van der Waals surface area contributed by atoms with Gasteiger partial charge in [-0.25, -0.2) is 17.2 Å². The molecular weight excluding hydrogens is 308 g/mol. The monoisotopic (exact) mass is 325 g/mol. The molecule has 0 aliphatic heterocycles. The van der Waals surface area contributed by atoms with Crippen LogP contribution in [0.5, 0.6) is 0 Å². The molecule has 0 saturated heterocycles. The molecule has 0 unspecified atom stereocenters. The highest BCUT2D eigenvalue weighted by Gasteiger charge is 2.15. The third-order valence-electron chi connectivity index (χ3n) is 3.22. The van der Waals surface area contributed by atoms with Crippen molar-refractivity contribution < 1.29 is 17.2 Å². The van der Waals surface area contributed by atoms with Gasteiger partial charge in [-0.2, -0.15) is 0 Å². The molecule has 0 aromatic heterocycles. The van der Waals surface area contributed by atoms with E-state index in [9.17, 15) is 17.2 Å². The van der Waals surface area contributed by atoms with Gasteiger partial charge in [0.1, 0.15) is 0 Å². The lowest BCUT2D eigenvalue weighted by molar-refractivity contribution is 0.509. The van der Waals surface area contributed by atoms with Gasteiger partial charge in [0.05, 0.1) is 10.6 Å². The molecule has 0 heterocycles. The highest BCUT2D eigenvalue weighted by molar-refractivity contribution is 7.92. The van der Waals surface area contributed by atoms with E-state index in [2.05, 4.69) is 11.6 Å². The van der Waals surface area contributed by atoms with Gasteiger partial charge in [0.2, 0.25) is 0 Å². The molecule has 0 amide bonds. The molecule has 0 atom stereocenters. The zero-order valence-corrected chi connectivity index (χ0v) is 13.0. The maximum absolute atomic E-state index is 13.1. The molecule has 0 aliphatic carbocycles. The number of anilines is 1. The van der Waals surface area contributed by atoms with Gasteiger partial charge < -0.3 is 0 Å². The van der Waals surface area contributed by atoms with E-state index in [0.717, 1.165) is 37.0 Å². The smallest absolute Gasteiger partial charge is 0.261 e. The average Bonchev–Trinajstić information content (AvgIpc) is 2.49. The lowest BCUT2D eigenvalue weighted by Crippen LogP contribution is -2.13. The van der Waals surface area contributed by atoms with Crippen LogP contribution in [0.25, 0.3) is 0 Å². The van der Waals surface area contributed by atoms with Crippen LogP contribution in [0.1, 0.15) is 25.3 Å². The van der Waals surface area contributed by atoms with E-state index < -0.39 is 21.7 Å². The molecule has 0 saturated carbocycles. The minimum absolute atomic E-state index is 0.0195. The van der Waals surface area contributed by atoms with Crippen molar-refractivity contribution in [3.8, 4) is 0 Å². The average molecular weight is 325 g/mol. The summed E-state index contributed by atoms with van der Waals surface area (Å²) in [7, 11) is -3.82. The molecular formula is C16H17F2NO2S. The minimum Gasteiger partial charge on any atom is -0.280 e. The molecule has 1 N–H and O–H groups in total. The fourth-order valence-corrected chi connectivity index (χ4v) is 3.04. The van der Waals surface area contributed by atoms with Gasteiger partial charge >= 0.3 is 0 Å². The summed E-state index contributed by atoms with van der Waals surface area (Å²) >= 11 is 0. The van der Waals surface area contributed by atoms with Crippen molar-refractivity contribution >= 4 is 15.7 Å². The zero-order valence-electron chi connectivity index (χ0n) is 12.1. The van der Waals surface area contributed by atoms with Crippen molar-refractivity contribution in [1.29, 1.82) is 0 Å². The second-order valence-corrected chi connectivity index (χ2v) is 6.66. The highest BCUT2D eigenvalue weighted by Crippen LogP contribution is 2.19. The first-order valence-electron chi connectivity index (χ1n) is 6.99. The lowest BCUT2D eigenvalue weighted by Gasteiger charge is -2.09. The summed E-state index contributed by atoms with van der Waals surface area (Å²) in [6.07, 6.45) is 3.00. The second-order valence-electron chi connectivity index (χ2n) is 4.98. The van der Waals surface area contributed by atoms with Gasteiger partial charge in [-0.1, -0.05) is 25.5 Å². The van der Waals surface area contributed by atoms with Crippen LogP contribution in [0.4, 0.5) is 14.5 Å². The van der Waals surface area contributed by atoms with Gasteiger partial charge in [0.25, 0.3) is 10.0 Å². The lowest BCUT2D eigenvalue weighted by atomic mass is 10.1. The summed E-state index contributed by atoms with van der Waals surface area (Å²) in [6.45, 7) is 2.09. The molecule has 0 radical (unpaired) electrons. The molecule has 22 heavy (non-hydrogen) atoms. The van der Waals surface area contributed by atoms with E-state index in [-0.39, 0.29) is 10.6 Å². The van der Waals surface area contributed by atoms with E-state index in [0.29, 0.717) is 0 Å². The van der Waals surface area contributed by atoms with E-state index in [4.69, 9.17) is 0 Å². The highest BCUT2D eigenvalue weighted by atomic mass is 32.2. The standard InChI is InChI=1S/C16H17F2NO2S/c1-2-3-4-12-5-8-14(9-6-12)22(20,21)19-13-7-10-15(17)16(18)11-13/h5-11,19H,2-4H2,1H3. The number of hydrogen-bond acceptors (Lipinski definition) is 2. The molecule has 0 bridgehead atoms. The number of sulfonamides is 1. The summed E-state index contributed by atoms with van der Waals surface area (Å²) in [4.78, 5) is 0.0810. The predicted octanol–water partition coefficient (Wildman–Crippen LogP) is 4.11. The molecule has 0 spiro atoms. The van der Waals surface area contributed by atoms with Gasteiger partial charge in [-0.15, -0.1) is 0 Å². The van der Waals surface area contributed by atoms with E-state index in [1.165, 1.54) is 18.2 Å². The third kappa shape index (κ3) is 4.04. The minimum atomic E-state index is -3.82. The van der Waals surface area contributed by atoms with Crippen molar-refractivity contribution in [1.82, 2.24) is 0 Å². The molecule has 2 aromatic carbocycles. The number of benzene rings is 2. The van der Waals surface area contributed by atoms with Crippen LogP contribution in [0, 0.1) is 11.6 Å². The van der Waals surface area contributed by atoms with Crippen molar-refractivity contribution in [2.75, 3.05) is 4.72 Å². The molecule has 118 valence electrons. The Morgan fingerprint density at radius 2 is 1.68 bits per heavy atom. The number of nitrogens with one attached hydrogen (secondary N) is 1. The normalized spacial score (nSPS) is 11.4. The Kier molecular flexibility index (Phi) is 5.13. The first-order chi connectivity index (χ1) is 10.4. The summed E-state index contributed by atoms with van der Waals surface area (Å²) < 4.78 is 52.6. The van der Waals surface area contributed by atoms with Crippen molar-refractivity contribution in [3.63, 3.8) is 0 Å².